The van der Waals surface area contributed by atoms with Gasteiger partial charge in [0.05, 0.1) is 6.61 Å². The van der Waals surface area contributed by atoms with E-state index in [2.05, 4.69) is 4.98 Å². The first-order chi connectivity index (χ1) is 8.72. The zero-order valence-corrected chi connectivity index (χ0v) is 10.0. The molecule has 0 saturated carbocycles. The smallest absolute Gasteiger partial charge is 0.356 e. The Labute approximate surface area is 105 Å². The maximum Gasteiger partial charge on any atom is 0.356 e. The average molecular weight is 246 g/mol. The quantitative estimate of drug-likeness (QED) is 0.873. The van der Waals surface area contributed by atoms with Gasteiger partial charge >= 0.3 is 5.97 Å². The predicted octanol–water partition coefficient (Wildman–Crippen LogP) is 1.76. The minimum atomic E-state index is -1.02. The van der Waals surface area contributed by atoms with Crippen LogP contribution >= 0.6 is 0 Å². The SMILES string of the molecule is COCCc1ccccc1-n1cnc(C(=O)O)c1. The lowest BCUT2D eigenvalue weighted by atomic mass is 10.1. The molecule has 0 radical (unpaired) electrons. The number of carboxylic acids is 1. The first-order valence-electron chi connectivity index (χ1n) is 5.57. The Morgan fingerprint density at radius 1 is 1.44 bits per heavy atom. The monoisotopic (exact) mass is 246 g/mol. The van der Waals surface area contributed by atoms with Crippen molar-refractivity contribution >= 4 is 5.97 Å². The summed E-state index contributed by atoms with van der Waals surface area (Å²) in [7, 11) is 1.66. The third-order valence-corrected chi connectivity index (χ3v) is 2.65. The highest BCUT2D eigenvalue weighted by molar-refractivity contribution is 5.85. The molecule has 0 amide bonds. The molecule has 94 valence electrons. The molecule has 0 bridgehead atoms. The summed E-state index contributed by atoms with van der Waals surface area (Å²) in [6, 6.07) is 7.78. The molecule has 2 aromatic rings. The number of carbonyl (C=O) groups is 1. The molecule has 0 aliphatic rings. The highest BCUT2D eigenvalue weighted by Crippen LogP contribution is 2.15. The van der Waals surface area contributed by atoms with Crippen molar-refractivity contribution in [3.63, 3.8) is 0 Å². The van der Waals surface area contributed by atoms with Crippen molar-refractivity contribution in [1.29, 1.82) is 0 Å². The van der Waals surface area contributed by atoms with Crippen LogP contribution in [0.25, 0.3) is 5.69 Å². The molecule has 0 saturated heterocycles. The number of benzene rings is 1. The number of methoxy groups -OCH3 is 1. The van der Waals surface area contributed by atoms with E-state index in [1.807, 2.05) is 24.3 Å². The maximum atomic E-state index is 10.8. The largest absolute Gasteiger partial charge is 0.476 e. The standard InChI is InChI=1S/C13H14N2O3/c1-18-7-6-10-4-2-3-5-12(10)15-8-11(13(16)17)14-9-15/h2-5,8-9H,6-7H2,1H3,(H,16,17). The van der Waals surface area contributed by atoms with E-state index in [1.165, 1.54) is 12.5 Å². The van der Waals surface area contributed by atoms with Crippen molar-refractivity contribution in [3.05, 3.63) is 48.0 Å². The second-order valence-electron chi connectivity index (χ2n) is 3.84. The van der Waals surface area contributed by atoms with Crippen molar-refractivity contribution < 1.29 is 14.6 Å². The minimum Gasteiger partial charge on any atom is -0.476 e. The van der Waals surface area contributed by atoms with Crippen LogP contribution in [0.15, 0.2) is 36.8 Å². The summed E-state index contributed by atoms with van der Waals surface area (Å²) in [5.41, 5.74) is 2.06. The molecular formula is C13H14N2O3. The summed E-state index contributed by atoms with van der Waals surface area (Å²) in [6.45, 7) is 0.623. The van der Waals surface area contributed by atoms with Crippen LogP contribution in [0.4, 0.5) is 0 Å². The fourth-order valence-corrected chi connectivity index (χ4v) is 1.75. The van der Waals surface area contributed by atoms with Gasteiger partial charge in [-0.3, -0.25) is 0 Å². The third kappa shape index (κ3) is 2.57. The molecule has 2 rings (SSSR count). The Morgan fingerprint density at radius 2 is 2.22 bits per heavy atom. The average Bonchev–Trinajstić information content (AvgIpc) is 2.86. The van der Waals surface area contributed by atoms with E-state index in [1.54, 1.807) is 11.7 Å². The number of aromatic nitrogens is 2. The molecule has 1 heterocycles. The lowest BCUT2D eigenvalue weighted by Gasteiger charge is -2.09. The van der Waals surface area contributed by atoms with Crippen molar-refractivity contribution in [3.8, 4) is 5.69 Å². The zero-order chi connectivity index (χ0) is 13.0. The van der Waals surface area contributed by atoms with Crippen LogP contribution in [-0.2, 0) is 11.2 Å². The highest BCUT2D eigenvalue weighted by atomic mass is 16.5. The molecule has 5 nitrogen and oxygen atoms in total. The van der Waals surface area contributed by atoms with Gasteiger partial charge in [0.25, 0.3) is 0 Å². The second kappa shape index (κ2) is 5.46. The molecular weight excluding hydrogens is 232 g/mol. The van der Waals surface area contributed by atoms with Gasteiger partial charge in [-0.15, -0.1) is 0 Å². The van der Waals surface area contributed by atoms with Crippen LogP contribution in [0.2, 0.25) is 0 Å². The van der Waals surface area contributed by atoms with Crippen LogP contribution < -0.4 is 0 Å². The molecule has 1 aromatic heterocycles. The van der Waals surface area contributed by atoms with Crippen molar-refractivity contribution in [2.75, 3.05) is 13.7 Å². The van der Waals surface area contributed by atoms with Gasteiger partial charge in [-0.05, 0) is 18.1 Å². The lowest BCUT2D eigenvalue weighted by molar-refractivity contribution is 0.0691. The Hall–Kier alpha value is -2.14. The van der Waals surface area contributed by atoms with E-state index < -0.39 is 5.97 Å². The van der Waals surface area contributed by atoms with Gasteiger partial charge in [0, 0.05) is 19.0 Å². The summed E-state index contributed by atoms with van der Waals surface area (Å²) in [6.07, 6.45) is 3.79. The van der Waals surface area contributed by atoms with E-state index >= 15 is 0 Å². The molecule has 0 spiro atoms. The first kappa shape index (κ1) is 12.3. The summed E-state index contributed by atoms with van der Waals surface area (Å²) in [4.78, 5) is 14.7. The van der Waals surface area contributed by atoms with Gasteiger partial charge in [0.2, 0.25) is 0 Å². The molecule has 1 N–H and O–H groups in total. The molecule has 0 aliphatic carbocycles. The fourth-order valence-electron chi connectivity index (χ4n) is 1.75. The zero-order valence-electron chi connectivity index (χ0n) is 10.0. The van der Waals surface area contributed by atoms with Gasteiger partial charge in [0.1, 0.15) is 6.33 Å². The van der Waals surface area contributed by atoms with Gasteiger partial charge < -0.3 is 14.4 Å². The number of rotatable bonds is 5. The molecule has 5 heteroatoms. The number of ether oxygens (including phenoxy) is 1. The summed E-state index contributed by atoms with van der Waals surface area (Å²) in [5, 5.41) is 8.86. The number of imidazole rings is 1. The van der Waals surface area contributed by atoms with E-state index in [-0.39, 0.29) is 5.69 Å². The highest BCUT2D eigenvalue weighted by Gasteiger charge is 2.09. The Balaban J connectivity index is 2.33. The topological polar surface area (TPSA) is 64.4 Å². The summed E-state index contributed by atoms with van der Waals surface area (Å²) < 4.78 is 6.78. The van der Waals surface area contributed by atoms with Gasteiger partial charge in [-0.1, -0.05) is 18.2 Å². The molecule has 18 heavy (non-hydrogen) atoms. The number of hydrogen-bond acceptors (Lipinski definition) is 3. The molecule has 0 fully saturated rings. The van der Waals surface area contributed by atoms with Gasteiger partial charge in [-0.25, -0.2) is 9.78 Å². The van der Waals surface area contributed by atoms with E-state index in [9.17, 15) is 4.79 Å². The molecule has 0 unspecified atom stereocenters. The normalized spacial score (nSPS) is 10.5. The van der Waals surface area contributed by atoms with Crippen LogP contribution in [0.5, 0.6) is 0 Å². The Morgan fingerprint density at radius 3 is 2.89 bits per heavy atom. The molecule has 0 atom stereocenters. The van der Waals surface area contributed by atoms with Crippen molar-refractivity contribution in [1.82, 2.24) is 9.55 Å². The van der Waals surface area contributed by atoms with Gasteiger partial charge in [0.15, 0.2) is 5.69 Å². The maximum absolute atomic E-state index is 10.8. The van der Waals surface area contributed by atoms with Crippen molar-refractivity contribution in [2.45, 2.75) is 6.42 Å². The van der Waals surface area contributed by atoms with Crippen LogP contribution in [-0.4, -0.2) is 34.3 Å². The van der Waals surface area contributed by atoms with Crippen LogP contribution in [0.1, 0.15) is 16.1 Å². The first-order valence-corrected chi connectivity index (χ1v) is 5.57. The van der Waals surface area contributed by atoms with E-state index in [0.717, 1.165) is 17.7 Å². The Kier molecular flexibility index (Phi) is 3.74. The number of carboxylic acid groups (broad SMARTS) is 1. The number of hydrogen-bond donors (Lipinski definition) is 1. The molecule has 0 aliphatic heterocycles. The predicted molar refractivity (Wildman–Crippen MR) is 66.1 cm³/mol. The van der Waals surface area contributed by atoms with Gasteiger partial charge in [-0.2, -0.15) is 0 Å². The van der Waals surface area contributed by atoms with Crippen LogP contribution in [0.3, 0.4) is 0 Å². The number of nitrogens with zero attached hydrogens (tertiary/aromatic N) is 2. The van der Waals surface area contributed by atoms with E-state index in [4.69, 9.17) is 9.84 Å². The van der Waals surface area contributed by atoms with E-state index in [0.29, 0.717) is 6.61 Å². The Bertz CT molecular complexity index is 549. The van der Waals surface area contributed by atoms with Crippen molar-refractivity contribution in [2.24, 2.45) is 0 Å². The summed E-state index contributed by atoms with van der Waals surface area (Å²) >= 11 is 0. The lowest BCUT2D eigenvalue weighted by Crippen LogP contribution is -2.01. The number of para-hydroxylation sites is 1. The second-order valence-corrected chi connectivity index (χ2v) is 3.84. The molecule has 1 aromatic carbocycles. The minimum absolute atomic E-state index is 0.0385. The summed E-state index contributed by atoms with van der Waals surface area (Å²) in [5.74, 6) is -1.02. The number of aromatic carboxylic acids is 1. The van der Waals surface area contributed by atoms with Crippen LogP contribution in [0, 0.1) is 0 Å². The fraction of sp³-hybridized carbons (Fsp3) is 0.231. The third-order valence-electron chi connectivity index (χ3n) is 2.65.